The molecule has 0 aliphatic heterocycles. The van der Waals surface area contributed by atoms with Crippen LogP contribution in [-0.4, -0.2) is 15.9 Å². The quantitative estimate of drug-likeness (QED) is 0.758. The van der Waals surface area contributed by atoms with Crippen molar-refractivity contribution in [1.82, 2.24) is 3.93 Å². The fourth-order valence-corrected chi connectivity index (χ4v) is 1.20. The maximum absolute atomic E-state index is 11.3. The van der Waals surface area contributed by atoms with Gasteiger partial charge in [0.05, 0.1) is 16.1 Å². The van der Waals surface area contributed by atoms with Crippen LogP contribution in [0.1, 0.15) is 26.7 Å². The Morgan fingerprint density at radius 2 is 1.83 bits per heavy atom. The van der Waals surface area contributed by atoms with E-state index in [1.807, 2.05) is 13.8 Å². The van der Waals surface area contributed by atoms with E-state index in [1.54, 1.807) is 0 Å². The Labute approximate surface area is 80.4 Å². The number of halogens is 1. The van der Waals surface area contributed by atoms with Crippen LogP contribution >= 0.6 is 16.1 Å². The Morgan fingerprint density at radius 3 is 2.08 bits per heavy atom. The molecule has 0 atom stereocenters. The zero-order chi connectivity index (χ0) is 9.72. The molecule has 0 bridgehead atoms. The number of urea groups is 1. The molecule has 3 amide bonds. The summed E-state index contributed by atoms with van der Waals surface area (Å²) in [6.07, 6.45) is 1.43. The molecule has 0 saturated carbocycles. The Bertz CT molecular complexity index is 180. The first-order chi connectivity index (χ1) is 5.54. The fraction of sp³-hybridized carbons (Fsp3) is 0.714. The van der Waals surface area contributed by atoms with Crippen LogP contribution < -0.4 is 5.73 Å². The summed E-state index contributed by atoms with van der Waals surface area (Å²) in [5, 5.41) is 0. The van der Waals surface area contributed by atoms with Gasteiger partial charge in [0, 0.05) is 5.92 Å². The van der Waals surface area contributed by atoms with Crippen LogP contribution in [0.15, 0.2) is 0 Å². The van der Waals surface area contributed by atoms with Crippen molar-refractivity contribution in [3.63, 3.8) is 0 Å². The minimum absolute atomic E-state index is 0.128. The molecule has 12 heavy (non-hydrogen) atoms. The van der Waals surface area contributed by atoms with Crippen molar-refractivity contribution < 1.29 is 9.59 Å². The molecular formula is C7H13BrN2O2. The predicted molar refractivity (Wildman–Crippen MR) is 49.4 cm³/mol. The standard InChI is InChI=1S/C7H13BrN2O2/c1-3-5(4-2)6(11)10(8)7(9)12/h5H,3-4H2,1-2H3,(H2,9,12). The smallest absolute Gasteiger partial charge is 0.331 e. The summed E-state index contributed by atoms with van der Waals surface area (Å²) >= 11 is 2.80. The third-order valence-corrected chi connectivity index (χ3v) is 2.42. The molecule has 0 aromatic carbocycles. The van der Waals surface area contributed by atoms with Gasteiger partial charge < -0.3 is 5.73 Å². The Morgan fingerprint density at radius 1 is 1.42 bits per heavy atom. The number of nitrogens with zero attached hydrogens (tertiary/aromatic N) is 1. The highest BCUT2D eigenvalue weighted by molar-refractivity contribution is 9.08. The maximum atomic E-state index is 11.3. The van der Waals surface area contributed by atoms with E-state index >= 15 is 0 Å². The normalized spacial score (nSPS) is 10.0. The third kappa shape index (κ3) is 2.81. The zero-order valence-electron chi connectivity index (χ0n) is 7.21. The Balaban J connectivity index is 4.25. The highest BCUT2D eigenvalue weighted by Crippen LogP contribution is 2.14. The summed E-state index contributed by atoms with van der Waals surface area (Å²) in [5.41, 5.74) is 4.90. The van der Waals surface area contributed by atoms with E-state index in [4.69, 9.17) is 5.73 Å². The highest BCUT2D eigenvalue weighted by Gasteiger charge is 2.22. The molecule has 0 spiro atoms. The molecular weight excluding hydrogens is 224 g/mol. The topological polar surface area (TPSA) is 63.4 Å². The molecule has 0 saturated heterocycles. The van der Waals surface area contributed by atoms with Crippen molar-refractivity contribution in [1.29, 1.82) is 0 Å². The number of amides is 3. The predicted octanol–water partition coefficient (Wildman–Crippen LogP) is 1.64. The van der Waals surface area contributed by atoms with E-state index in [2.05, 4.69) is 16.1 Å². The van der Waals surface area contributed by atoms with Gasteiger partial charge in [-0.2, -0.15) is 3.93 Å². The van der Waals surface area contributed by atoms with Crippen molar-refractivity contribution in [3.8, 4) is 0 Å². The van der Waals surface area contributed by atoms with E-state index in [-0.39, 0.29) is 11.8 Å². The summed E-state index contributed by atoms with van der Waals surface area (Å²) in [4.78, 5) is 21.9. The van der Waals surface area contributed by atoms with Gasteiger partial charge in [-0.1, -0.05) is 13.8 Å². The van der Waals surface area contributed by atoms with E-state index in [0.717, 1.165) is 3.93 Å². The number of rotatable bonds is 3. The maximum Gasteiger partial charge on any atom is 0.331 e. The van der Waals surface area contributed by atoms with Gasteiger partial charge in [-0.15, -0.1) is 0 Å². The second-order valence-electron chi connectivity index (χ2n) is 2.47. The second-order valence-corrected chi connectivity index (χ2v) is 3.18. The third-order valence-electron chi connectivity index (χ3n) is 1.72. The molecule has 0 unspecified atom stereocenters. The number of nitrogens with two attached hydrogens (primary N) is 1. The lowest BCUT2D eigenvalue weighted by atomic mass is 10.0. The van der Waals surface area contributed by atoms with Crippen molar-refractivity contribution >= 4 is 28.1 Å². The molecule has 0 aromatic heterocycles. The zero-order valence-corrected chi connectivity index (χ0v) is 8.80. The fourth-order valence-electron chi connectivity index (χ4n) is 0.907. The SMILES string of the molecule is CCC(CC)C(=O)N(Br)C(N)=O. The van der Waals surface area contributed by atoms with Crippen molar-refractivity contribution in [3.05, 3.63) is 0 Å². The molecule has 0 aromatic rings. The van der Waals surface area contributed by atoms with Gasteiger partial charge in [0.15, 0.2) is 0 Å². The van der Waals surface area contributed by atoms with Crippen molar-refractivity contribution in [2.75, 3.05) is 0 Å². The average molecular weight is 237 g/mol. The lowest BCUT2D eigenvalue weighted by Crippen LogP contribution is -2.36. The minimum atomic E-state index is -0.771. The van der Waals surface area contributed by atoms with Crippen LogP contribution in [0.25, 0.3) is 0 Å². The largest absolute Gasteiger partial charge is 0.350 e. The van der Waals surface area contributed by atoms with Crippen LogP contribution in [0.4, 0.5) is 4.79 Å². The van der Waals surface area contributed by atoms with Crippen LogP contribution in [0.2, 0.25) is 0 Å². The van der Waals surface area contributed by atoms with Gasteiger partial charge in [0.25, 0.3) is 0 Å². The van der Waals surface area contributed by atoms with Gasteiger partial charge in [0.2, 0.25) is 5.91 Å². The number of primary amides is 1. The summed E-state index contributed by atoms with van der Waals surface area (Å²) in [6.45, 7) is 3.79. The Kier molecular flexibility index (Phi) is 4.89. The van der Waals surface area contributed by atoms with Crippen molar-refractivity contribution in [2.24, 2.45) is 11.7 Å². The average Bonchev–Trinajstić information content (AvgIpc) is 2.05. The van der Waals surface area contributed by atoms with Crippen LogP contribution in [0.5, 0.6) is 0 Å². The molecule has 0 aliphatic carbocycles. The van der Waals surface area contributed by atoms with Gasteiger partial charge in [-0.25, -0.2) is 4.79 Å². The van der Waals surface area contributed by atoms with Gasteiger partial charge >= 0.3 is 6.03 Å². The molecule has 0 radical (unpaired) electrons. The number of hydrogen-bond acceptors (Lipinski definition) is 2. The van der Waals surface area contributed by atoms with Gasteiger partial charge in [0.1, 0.15) is 0 Å². The lowest BCUT2D eigenvalue weighted by molar-refractivity contribution is -0.128. The highest BCUT2D eigenvalue weighted by atomic mass is 79.9. The van der Waals surface area contributed by atoms with Crippen LogP contribution in [0.3, 0.4) is 0 Å². The van der Waals surface area contributed by atoms with E-state index in [0.29, 0.717) is 12.8 Å². The molecule has 70 valence electrons. The van der Waals surface area contributed by atoms with E-state index in [9.17, 15) is 9.59 Å². The first kappa shape index (κ1) is 11.4. The first-order valence-electron chi connectivity index (χ1n) is 3.83. The molecule has 0 fully saturated rings. The van der Waals surface area contributed by atoms with Crippen LogP contribution in [0, 0.1) is 5.92 Å². The number of carbonyl (C=O) groups excluding carboxylic acids is 2. The molecule has 4 nitrogen and oxygen atoms in total. The molecule has 0 aliphatic rings. The summed E-state index contributed by atoms with van der Waals surface area (Å²) in [5.74, 6) is -0.399. The molecule has 2 N–H and O–H groups in total. The first-order valence-corrected chi connectivity index (χ1v) is 4.54. The number of carbonyl (C=O) groups is 2. The second kappa shape index (κ2) is 5.13. The van der Waals surface area contributed by atoms with Crippen LogP contribution in [-0.2, 0) is 4.79 Å². The lowest BCUT2D eigenvalue weighted by Gasteiger charge is -2.15. The minimum Gasteiger partial charge on any atom is -0.350 e. The van der Waals surface area contributed by atoms with Gasteiger partial charge in [-0.05, 0) is 12.8 Å². The number of hydrogen-bond donors (Lipinski definition) is 1. The summed E-state index contributed by atoms with van der Waals surface area (Å²) in [6, 6.07) is -0.771. The summed E-state index contributed by atoms with van der Waals surface area (Å²) < 4.78 is 0.782. The van der Waals surface area contributed by atoms with Crippen molar-refractivity contribution in [2.45, 2.75) is 26.7 Å². The van der Waals surface area contributed by atoms with E-state index in [1.165, 1.54) is 0 Å². The summed E-state index contributed by atoms with van der Waals surface area (Å²) in [7, 11) is 0. The Hall–Kier alpha value is -0.580. The van der Waals surface area contributed by atoms with E-state index < -0.39 is 6.03 Å². The van der Waals surface area contributed by atoms with Gasteiger partial charge in [-0.3, -0.25) is 4.79 Å². The molecule has 5 heteroatoms. The molecule has 0 heterocycles. The monoisotopic (exact) mass is 236 g/mol. The molecule has 0 rings (SSSR count). The number of imide groups is 1.